The van der Waals surface area contributed by atoms with Crippen LogP contribution in [0.1, 0.15) is 21.6 Å². The van der Waals surface area contributed by atoms with E-state index in [9.17, 15) is 4.79 Å². The number of aromatic nitrogens is 4. The molecule has 0 atom stereocenters. The number of hydrogen-bond donors (Lipinski definition) is 1. The number of nitrogens with one attached hydrogen (secondary N) is 1. The summed E-state index contributed by atoms with van der Waals surface area (Å²) in [5.74, 6) is 0.293. The van der Waals surface area contributed by atoms with Gasteiger partial charge < -0.3 is 10.2 Å². The van der Waals surface area contributed by atoms with Gasteiger partial charge >= 0.3 is 0 Å². The molecule has 0 saturated carbocycles. The van der Waals surface area contributed by atoms with E-state index in [1.54, 1.807) is 35.6 Å². The summed E-state index contributed by atoms with van der Waals surface area (Å²) in [6.45, 7) is 0.558. The van der Waals surface area contributed by atoms with Gasteiger partial charge in [-0.25, -0.2) is 15.0 Å². The summed E-state index contributed by atoms with van der Waals surface area (Å²) in [5, 5.41) is 3.07. The largest absolute Gasteiger partial charge is 0.349 e. The minimum absolute atomic E-state index is 0.121. The van der Waals surface area contributed by atoms with E-state index in [0.29, 0.717) is 18.2 Å². The Balaban J connectivity index is 1.46. The maximum Gasteiger partial charge on any atom is 0.271 e. The van der Waals surface area contributed by atoms with Gasteiger partial charge in [0.1, 0.15) is 12.0 Å². The van der Waals surface area contributed by atoms with Crippen LogP contribution in [0.15, 0.2) is 55.2 Å². The van der Waals surface area contributed by atoms with E-state index < -0.39 is 0 Å². The normalized spacial score (nSPS) is 14.9. The van der Waals surface area contributed by atoms with Crippen molar-refractivity contribution < 1.29 is 4.79 Å². The molecule has 7 heteroatoms. The Kier molecular flexibility index (Phi) is 4.45. The van der Waals surface area contributed by atoms with Crippen molar-refractivity contribution in [2.45, 2.75) is 18.4 Å². The van der Waals surface area contributed by atoms with Gasteiger partial charge in [-0.1, -0.05) is 24.3 Å². The van der Waals surface area contributed by atoms with Gasteiger partial charge in [0.15, 0.2) is 0 Å². The average Bonchev–Trinajstić information content (AvgIpc) is 3.32. The van der Waals surface area contributed by atoms with Gasteiger partial charge in [0.25, 0.3) is 5.91 Å². The van der Waals surface area contributed by atoms with Gasteiger partial charge in [-0.15, -0.1) is 0 Å². The van der Waals surface area contributed by atoms with Crippen LogP contribution in [0, 0.1) is 0 Å². The molecule has 0 radical (unpaired) electrons. The Morgan fingerprint density at radius 3 is 2.41 bits per heavy atom. The van der Waals surface area contributed by atoms with Crippen molar-refractivity contribution in [3.63, 3.8) is 0 Å². The Hall–Kier alpha value is -3.06. The number of benzene rings is 1. The molecule has 0 unspecified atom stereocenters. The average molecular weight is 362 g/mol. The minimum atomic E-state index is -0.193. The zero-order valence-electron chi connectivity index (χ0n) is 15.5. The van der Waals surface area contributed by atoms with Crippen molar-refractivity contribution in [2.75, 3.05) is 20.6 Å². The molecule has 1 aliphatic rings. The van der Waals surface area contributed by atoms with E-state index >= 15 is 0 Å². The van der Waals surface area contributed by atoms with Crippen LogP contribution in [0.5, 0.6) is 0 Å². The van der Waals surface area contributed by atoms with Crippen LogP contribution in [0.2, 0.25) is 0 Å². The molecule has 1 N–H and O–H groups in total. The third-order valence-corrected chi connectivity index (χ3v) is 5.28. The third kappa shape index (κ3) is 3.33. The summed E-state index contributed by atoms with van der Waals surface area (Å²) in [6, 6.07) is 10.2. The number of amides is 1. The summed E-state index contributed by atoms with van der Waals surface area (Å²) in [4.78, 5) is 27.4. The molecule has 0 fully saturated rings. The first-order valence-corrected chi connectivity index (χ1v) is 8.91. The molecule has 138 valence electrons. The van der Waals surface area contributed by atoms with Gasteiger partial charge in [0.2, 0.25) is 5.95 Å². The molecule has 0 saturated heterocycles. The van der Waals surface area contributed by atoms with Crippen molar-refractivity contribution in [2.24, 2.45) is 0 Å². The number of fused-ring (bicyclic) bond motifs is 1. The third-order valence-electron chi connectivity index (χ3n) is 5.28. The summed E-state index contributed by atoms with van der Waals surface area (Å²) >= 11 is 0. The molecule has 4 rings (SSSR count). The lowest BCUT2D eigenvalue weighted by Crippen LogP contribution is -2.53. The van der Waals surface area contributed by atoms with Crippen LogP contribution >= 0.6 is 0 Å². The fraction of sp³-hybridized carbons (Fsp3) is 0.300. The molecule has 2 aromatic heterocycles. The second-order valence-electron chi connectivity index (χ2n) is 7.14. The number of likely N-dealkylation sites (N-methyl/N-ethyl adjacent to an activating group) is 1. The fourth-order valence-corrected chi connectivity index (χ4v) is 3.58. The van der Waals surface area contributed by atoms with Crippen LogP contribution in [0.25, 0.3) is 5.95 Å². The molecule has 2 heterocycles. The second kappa shape index (κ2) is 6.92. The zero-order chi connectivity index (χ0) is 18.9. The summed E-state index contributed by atoms with van der Waals surface area (Å²) in [7, 11) is 4.14. The van der Waals surface area contributed by atoms with Crippen LogP contribution in [0.4, 0.5) is 0 Å². The van der Waals surface area contributed by atoms with Crippen molar-refractivity contribution in [1.29, 1.82) is 0 Å². The van der Waals surface area contributed by atoms with Crippen molar-refractivity contribution >= 4 is 5.91 Å². The first-order chi connectivity index (χ1) is 13.1. The van der Waals surface area contributed by atoms with E-state index in [0.717, 1.165) is 12.8 Å². The highest BCUT2D eigenvalue weighted by Gasteiger charge is 2.39. The van der Waals surface area contributed by atoms with Gasteiger partial charge in [-0.3, -0.25) is 9.36 Å². The number of carbonyl (C=O) groups is 1. The first-order valence-electron chi connectivity index (χ1n) is 8.91. The molecule has 0 aliphatic heterocycles. The molecular weight excluding hydrogens is 340 g/mol. The monoisotopic (exact) mass is 362 g/mol. The molecule has 3 aromatic rings. The first kappa shape index (κ1) is 17.4. The minimum Gasteiger partial charge on any atom is -0.349 e. The Morgan fingerprint density at radius 1 is 1.11 bits per heavy atom. The van der Waals surface area contributed by atoms with Crippen molar-refractivity contribution in [3.05, 3.63) is 72.1 Å². The van der Waals surface area contributed by atoms with Gasteiger partial charge in [-0.2, -0.15) is 0 Å². The van der Waals surface area contributed by atoms with Gasteiger partial charge in [0, 0.05) is 30.7 Å². The summed E-state index contributed by atoms with van der Waals surface area (Å²) in [5.41, 5.74) is 2.94. The molecule has 1 aromatic carbocycles. The van der Waals surface area contributed by atoms with Crippen molar-refractivity contribution in [3.8, 4) is 5.95 Å². The van der Waals surface area contributed by atoms with E-state index in [4.69, 9.17) is 0 Å². The highest BCUT2D eigenvalue weighted by Crippen LogP contribution is 2.33. The Morgan fingerprint density at radius 2 is 1.78 bits per heavy atom. The fourth-order valence-electron chi connectivity index (χ4n) is 3.58. The number of rotatable bonds is 5. The Labute approximate surface area is 158 Å². The predicted octanol–water partition coefficient (Wildman–Crippen LogP) is 1.49. The molecule has 27 heavy (non-hydrogen) atoms. The summed E-state index contributed by atoms with van der Waals surface area (Å²) < 4.78 is 1.64. The second-order valence-corrected chi connectivity index (χ2v) is 7.14. The quantitative estimate of drug-likeness (QED) is 0.744. The van der Waals surface area contributed by atoms with Gasteiger partial charge in [0.05, 0.1) is 0 Å². The van der Waals surface area contributed by atoms with Crippen LogP contribution in [-0.4, -0.2) is 56.5 Å². The van der Waals surface area contributed by atoms with E-state index in [2.05, 4.69) is 63.5 Å². The molecule has 1 amide bonds. The molecule has 0 spiro atoms. The smallest absolute Gasteiger partial charge is 0.271 e. The zero-order valence-corrected chi connectivity index (χ0v) is 15.5. The van der Waals surface area contributed by atoms with E-state index in [-0.39, 0.29) is 11.4 Å². The lowest BCUT2D eigenvalue weighted by atomic mass is 9.94. The summed E-state index contributed by atoms with van der Waals surface area (Å²) in [6.07, 6.45) is 8.35. The van der Waals surface area contributed by atoms with E-state index in [1.807, 2.05) is 0 Å². The SMILES string of the molecule is CN(C)C1(CNC(=O)c2cn(-c3ncccn3)cn2)Cc2ccccc2C1. The molecule has 7 nitrogen and oxygen atoms in total. The van der Waals surface area contributed by atoms with Gasteiger partial charge in [-0.05, 0) is 44.1 Å². The number of carbonyl (C=O) groups excluding carboxylic acids is 1. The standard InChI is InChI=1S/C20H22N6O/c1-25(2)20(10-15-6-3-4-7-16(15)11-20)13-23-18(27)17-12-26(14-24-17)19-21-8-5-9-22-19/h3-9,12,14H,10-11,13H2,1-2H3,(H,23,27). The highest BCUT2D eigenvalue weighted by molar-refractivity contribution is 5.92. The number of hydrogen-bond acceptors (Lipinski definition) is 5. The maximum atomic E-state index is 12.6. The van der Waals surface area contributed by atoms with E-state index in [1.165, 1.54) is 11.1 Å². The lowest BCUT2D eigenvalue weighted by molar-refractivity contribution is 0.0898. The molecule has 1 aliphatic carbocycles. The van der Waals surface area contributed by atoms with Crippen molar-refractivity contribution in [1.82, 2.24) is 29.7 Å². The highest BCUT2D eigenvalue weighted by atomic mass is 16.1. The lowest BCUT2D eigenvalue weighted by Gasteiger charge is -2.36. The topological polar surface area (TPSA) is 75.9 Å². The predicted molar refractivity (Wildman–Crippen MR) is 102 cm³/mol. The molecular formula is C20H22N6O. The van der Waals surface area contributed by atoms with Crippen LogP contribution < -0.4 is 5.32 Å². The Bertz CT molecular complexity index is 925. The van der Waals surface area contributed by atoms with Crippen LogP contribution in [0.3, 0.4) is 0 Å². The van der Waals surface area contributed by atoms with Crippen LogP contribution in [-0.2, 0) is 12.8 Å². The number of imidazole rings is 1. The molecule has 0 bridgehead atoms. The maximum absolute atomic E-state index is 12.6. The number of nitrogens with zero attached hydrogens (tertiary/aromatic N) is 5.